The number of hydrogen-bond donors (Lipinski definition) is 0. The quantitative estimate of drug-likeness (QED) is 0.550. The van der Waals surface area contributed by atoms with Crippen molar-refractivity contribution in [2.24, 2.45) is 0 Å². The number of aryl methyl sites for hydroxylation is 1. The zero-order valence-electron chi connectivity index (χ0n) is 12.7. The first-order valence-corrected chi connectivity index (χ1v) is 6.89. The third-order valence-electron chi connectivity index (χ3n) is 3.37. The van der Waals surface area contributed by atoms with E-state index in [9.17, 15) is 4.79 Å². The summed E-state index contributed by atoms with van der Waals surface area (Å²) in [4.78, 5) is 11.1. The molecule has 3 aromatic rings. The average molecular weight is 296 g/mol. The Kier molecular flexibility index (Phi) is 3.55. The van der Waals surface area contributed by atoms with E-state index in [0.29, 0.717) is 5.75 Å². The molecule has 0 fully saturated rings. The van der Waals surface area contributed by atoms with Gasteiger partial charge in [-0.05, 0) is 48.9 Å². The van der Waals surface area contributed by atoms with Crippen LogP contribution < -0.4 is 9.47 Å². The lowest BCUT2D eigenvalue weighted by Gasteiger charge is -2.03. The van der Waals surface area contributed by atoms with Crippen LogP contribution in [0.1, 0.15) is 12.5 Å². The third-order valence-corrected chi connectivity index (χ3v) is 3.37. The van der Waals surface area contributed by atoms with Crippen LogP contribution in [0.4, 0.5) is 0 Å². The first-order chi connectivity index (χ1) is 10.6. The van der Waals surface area contributed by atoms with Crippen LogP contribution in [-0.4, -0.2) is 22.9 Å². The van der Waals surface area contributed by atoms with Gasteiger partial charge in [0.05, 0.1) is 18.3 Å². The Bertz CT molecular complexity index is 835. The standard InChI is InChI=1S/C17H16N2O3/c1-11-8-16(22-12(2)20)9-13-10-19(18-17(11)13)14-4-6-15(21-3)7-5-14/h4-10H,1-3H3. The molecule has 22 heavy (non-hydrogen) atoms. The molecule has 0 radical (unpaired) electrons. The fraction of sp³-hybridized carbons (Fsp3) is 0.176. The average Bonchev–Trinajstić information content (AvgIpc) is 2.91. The molecule has 0 unspecified atom stereocenters. The van der Waals surface area contributed by atoms with E-state index in [2.05, 4.69) is 5.10 Å². The number of carbonyl (C=O) groups is 1. The zero-order valence-corrected chi connectivity index (χ0v) is 12.7. The third kappa shape index (κ3) is 2.65. The Morgan fingerprint density at radius 1 is 1.14 bits per heavy atom. The molecular formula is C17H16N2O3. The molecule has 0 amide bonds. The molecule has 2 aromatic carbocycles. The smallest absolute Gasteiger partial charge is 0.308 e. The van der Waals surface area contributed by atoms with E-state index in [0.717, 1.165) is 27.9 Å². The number of benzene rings is 2. The Labute approximate surface area is 128 Å². The van der Waals surface area contributed by atoms with Crippen LogP contribution in [0.5, 0.6) is 11.5 Å². The predicted octanol–water partition coefficient (Wildman–Crippen LogP) is 3.27. The molecule has 0 saturated heterocycles. The second-order valence-corrected chi connectivity index (χ2v) is 5.04. The number of nitrogens with zero attached hydrogens (tertiary/aromatic N) is 2. The summed E-state index contributed by atoms with van der Waals surface area (Å²) in [6, 6.07) is 11.3. The highest BCUT2D eigenvalue weighted by molar-refractivity contribution is 5.84. The Morgan fingerprint density at radius 3 is 2.50 bits per heavy atom. The number of fused-ring (bicyclic) bond motifs is 1. The maximum absolute atomic E-state index is 11.1. The van der Waals surface area contributed by atoms with Gasteiger partial charge in [-0.25, -0.2) is 4.68 Å². The second-order valence-electron chi connectivity index (χ2n) is 5.04. The number of esters is 1. The lowest BCUT2D eigenvalue weighted by Crippen LogP contribution is -2.01. The minimum absolute atomic E-state index is 0.332. The van der Waals surface area contributed by atoms with Crippen molar-refractivity contribution in [3.05, 3.63) is 48.2 Å². The highest BCUT2D eigenvalue weighted by Gasteiger charge is 2.09. The molecule has 0 aliphatic heterocycles. The Balaban J connectivity index is 2.04. The first kappa shape index (κ1) is 14.1. The van der Waals surface area contributed by atoms with Gasteiger partial charge in [-0.2, -0.15) is 5.10 Å². The van der Waals surface area contributed by atoms with Gasteiger partial charge >= 0.3 is 5.97 Å². The van der Waals surface area contributed by atoms with Crippen molar-refractivity contribution >= 4 is 16.9 Å². The monoisotopic (exact) mass is 296 g/mol. The van der Waals surface area contributed by atoms with Crippen molar-refractivity contribution in [1.29, 1.82) is 0 Å². The number of carbonyl (C=O) groups excluding carboxylic acids is 1. The minimum atomic E-state index is -0.332. The normalized spacial score (nSPS) is 10.7. The number of ether oxygens (including phenoxy) is 2. The molecule has 0 saturated carbocycles. The van der Waals surface area contributed by atoms with Gasteiger partial charge in [0.15, 0.2) is 0 Å². The number of hydrogen-bond acceptors (Lipinski definition) is 4. The summed E-state index contributed by atoms with van der Waals surface area (Å²) in [5, 5.41) is 5.52. The van der Waals surface area contributed by atoms with Gasteiger partial charge in [0.1, 0.15) is 11.5 Å². The Morgan fingerprint density at radius 2 is 1.86 bits per heavy atom. The van der Waals surface area contributed by atoms with Crippen LogP contribution in [0, 0.1) is 6.92 Å². The van der Waals surface area contributed by atoms with Crippen molar-refractivity contribution in [1.82, 2.24) is 9.78 Å². The molecule has 5 heteroatoms. The minimum Gasteiger partial charge on any atom is -0.497 e. The number of aromatic nitrogens is 2. The van der Waals surface area contributed by atoms with E-state index >= 15 is 0 Å². The van der Waals surface area contributed by atoms with Gasteiger partial charge in [0, 0.05) is 18.5 Å². The summed E-state index contributed by atoms with van der Waals surface area (Å²) in [5.41, 5.74) is 2.78. The van der Waals surface area contributed by atoms with Crippen molar-refractivity contribution < 1.29 is 14.3 Å². The molecule has 0 spiro atoms. The van der Waals surface area contributed by atoms with E-state index in [-0.39, 0.29) is 5.97 Å². The van der Waals surface area contributed by atoms with Crippen LogP contribution in [0.25, 0.3) is 16.6 Å². The number of rotatable bonds is 3. The van der Waals surface area contributed by atoms with Crippen LogP contribution in [0.3, 0.4) is 0 Å². The van der Waals surface area contributed by atoms with Gasteiger partial charge < -0.3 is 9.47 Å². The summed E-state index contributed by atoms with van der Waals surface area (Å²) in [7, 11) is 1.64. The molecule has 0 N–H and O–H groups in total. The molecule has 3 rings (SSSR count). The predicted molar refractivity (Wildman–Crippen MR) is 83.7 cm³/mol. The summed E-state index contributed by atoms with van der Waals surface area (Å²) >= 11 is 0. The van der Waals surface area contributed by atoms with Crippen molar-refractivity contribution in [2.75, 3.05) is 7.11 Å². The molecule has 0 aliphatic rings. The largest absolute Gasteiger partial charge is 0.497 e. The summed E-state index contributed by atoms with van der Waals surface area (Å²) in [5.74, 6) is 1.00. The lowest BCUT2D eigenvalue weighted by molar-refractivity contribution is -0.131. The Hall–Kier alpha value is -2.82. The highest BCUT2D eigenvalue weighted by atomic mass is 16.5. The van der Waals surface area contributed by atoms with Crippen LogP contribution in [0.2, 0.25) is 0 Å². The second kappa shape index (κ2) is 5.52. The van der Waals surface area contributed by atoms with Crippen LogP contribution in [0.15, 0.2) is 42.6 Å². The number of methoxy groups -OCH3 is 1. The van der Waals surface area contributed by atoms with Gasteiger partial charge in [-0.15, -0.1) is 0 Å². The van der Waals surface area contributed by atoms with Gasteiger partial charge in [-0.1, -0.05) is 0 Å². The lowest BCUT2D eigenvalue weighted by atomic mass is 10.1. The molecular weight excluding hydrogens is 280 g/mol. The molecule has 112 valence electrons. The molecule has 0 aliphatic carbocycles. The molecule has 1 heterocycles. The topological polar surface area (TPSA) is 53.4 Å². The molecule has 5 nitrogen and oxygen atoms in total. The molecule has 0 atom stereocenters. The summed E-state index contributed by atoms with van der Waals surface area (Å²) in [6.45, 7) is 3.33. The zero-order chi connectivity index (χ0) is 15.7. The maximum atomic E-state index is 11.1. The van der Waals surface area contributed by atoms with E-state index in [1.54, 1.807) is 11.8 Å². The van der Waals surface area contributed by atoms with Crippen molar-refractivity contribution in [3.8, 4) is 17.2 Å². The summed E-state index contributed by atoms with van der Waals surface area (Å²) < 4.78 is 12.1. The highest BCUT2D eigenvalue weighted by Crippen LogP contribution is 2.25. The van der Waals surface area contributed by atoms with E-state index in [1.165, 1.54) is 6.92 Å². The van der Waals surface area contributed by atoms with Crippen LogP contribution >= 0.6 is 0 Å². The van der Waals surface area contributed by atoms with Gasteiger partial charge in [0.2, 0.25) is 0 Å². The first-order valence-electron chi connectivity index (χ1n) is 6.89. The molecule has 0 bridgehead atoms. The SMILES string of the molecule is COc1ccc(-n2cc3cc(OC(C)=O)cc(C)c3n2)cc1. The van der Waals surface area contributed by atoms with Gasteiger partial charge in [-0.3, -0.25) is 4.79 Å². The van der Waals surface area contributed by atoms with Gasteiger partial charge in [0.25, 0.3) is 0 Å². The van der Waals surface area contributed by atoms with Crippen molar-refractivity contribution in [2.45, 2.75) is 13.8 Å². The van der Waals surface area contributed by atoms with E-state index < -0.39 is 0 Å². The molecule has 1 aromatic heterocycles. The van der Waals surface area contributed by atoms with Crippen molar-refractivity contribution in [3.63, 3.8) is 0 Å². The fourth-order valence-electron chi connectivity index (χ4n) is 2.37. The van der Waals surface area contributed by atoms with E-state index in [4.69, 9.17) is 9.47 Å². The van der Waals surface area contributed by atoms with Crippen LogP contribution in [-0.2, 0) is 4.79 Å². The van der Waals surface area contributed by atoms with E-state index in [1.807, 2.05) is 49.5 Å². The maximum Gasteiger partial charge on any atom is 0.308 e. The fourth-order valence-corrected chi connectivity index (χ4v) is 2.37. The summed E-state index contributed by atoms with van der Waals surface area (Å²) in [6.07, 6.45) is 1.91.